The van der Waals surface area contributed by atoms with Crippen molar-refractivity contribution in [3.8, 4) is 0 Å². The monoisotopic (exact) mass is 293 g/mol. The highest BCUT2D eigenvalue weighted by Crippen LogP contribution is 2.33. The van der Waals surface area contributed by atoms with Crippen molar-refractivity contribution in [3.63, 3.8) is 0 Å². The summed E-state index contributed by atoms with van der Waals surface area (Å²) in [4.78, 5) is 13.2. The van der Waals surface area contributed by atoms with E-state index in [1.165, 1.54) is 18.9 Å². The van der Waals surface area contributed by atoms with Crippen LogP contribution >= 0.6 is 23.4 Å². The minimum Gasteiger partial charge on any atom is -0.465 e. The molecule has 0 saturated heterocycles. The smallest absolute Gasteiger partial charge is 0.337 e. The molecule has 0 aliphatic rings. The Kier molecular flexibility index (Phi) is 4.35. The first-order valence-electron chi connectivity index (χ1n) is 5.51. The zero-order valence-electron chi connectivity index (χ0n) is 10.2. The van der Waals surface area contributed by atoms with Crippen LogP contribution in [0.15, 0.2) is 52.3 Å². The second-order valence-corrected chi connectivity index (χ2v) is 5.35. The average Bonchev–Trinajstić information content (AvgIpc) is 2.42. The highest BCUT2D eigenvalue weighted by molar-refractivity contribution is 7.99. The molecule has 5 heteroatoms. The molecular weight excluding hydrogens is 282 g/mol. The summed E-state index contributed by atoms with van der Waals surface area (Å²) < 4.78 is 4.65. The van der Waals surface area contributed by atoms with E-state index in [0.29, 0.717) is 16.3 Å². The van der Waals surface area contributed by atoms with Crippen molar-refractivity contribution in [3.05, 3.63) is 53.1 Å². The molecule has 0 spiro atoms. The third-order valence-corrected chi connectivity index (χ3v) is 3.81. The average molecular weight is 294 g/mol. The number of hydrogen-bond acceptors (Lipinski definition) is 4. The number of methoxy groups -OCH3 is 1. The van der Waals surface area contributed by atoms with E-state index in [2.05, 4.69) is 4.74 Å². The Morgan fingerprint density at radius 1 is 1.21 bits per heavy atom. The van der Waals surface area contributed by atoms with Crippen LogP contribution in [0.4, 0.5) is 5.69 Å². The summed E-state index contributed by atoms with van der Waals surface area (Å²) in [5.74, 6) is -0.345. The Hall–Kier alpha value is -1.65. The molecule has 0 fully saturated rings. The summed E-state index contributed by atoms with van der Waals surface area (Å²) in [7, 11) is 1.36. The van der Waals surface area contributed by atoms with Crippen LogP contribution < -0.4 is 5.73 Å². The predicted octanol–water partition coefficient (Wildman–Crippen LogP) is 3.86. The number of hydrogen-bond donors (Lipinski definition) is 1. The van der Waals surface area contributed by atoms with Crippen molar-refractivity contribution in [2.45, 2.75) is 9.79 Å². The first kappa shape index (κ1) is 13.8. The van der Waals surface area contributed by atoms with Gasteiger partial charge in [0, 0.05) is 20.5 Å². The molecule has 0 aromatic heterocycles. The summed E-state index contributed by atoms with van der Waals surface area (Å²) in [6.07, 6.45) is 0. The topological polar surface area (TPSA) is 52.3 Å². The maximum atomic E-state index is 11.3. The van der Waals surface area contributed by atoms with Gasteiger partial charge in [-0.25, -0.2) is 4.79 Å². The minimum absolute atomic E-state index is 0.345. The highest BCUT2D eigenvalue weighted by Gasteiger charge is 2.06. The van der Waals surface area contributed by atoms with E-state index in [1.807, 2.05) is 18.2 Å². The third kappa shape index (κ3) is 3.43. The molecule has 2 aromatic rings. The molecule has 3 nitrogen and oxygen atoms in total. The summed E-state index contributed by atoms with van der Waals surface area (Å²) in [5.41, 5.74) is 7.05. The van der Waals surface area contributed by atoms with E-state index in [1.54, 1.807) is 24.3 Å². The number of nitrogens with two attached hydrogens (primary N) is 1. The molecule has 2 rings (SSSR count). The van der Waals surface area contributed by atoms with Crippen molar-refractivity contribution in [1.29, 1.82) is 0 Å². The molecule has 0 atom stereocenters. The normalized spacial score (nSPS) is 10.2. The molecule has 0 aliphatic carbocycles. The molecule has 2 aromatic carbocycles. The van der Waals surface area contributed by atoms with Gasteiger partial charge < -0.3 is 10.5 Å². The van der Waals surface area contributed by atoms with Gasteiger partial charge in [0.15, 0.2) is 0 Å². The lowest BCUT2D eigenvalue weighted by molar-refractivity contribution is 0.0600. The minimum atomic E-state index is -0.345. The largest absolute Gasteiger partial charge is 0.465 e. The fourth-order valence-electron chi connectivity index (χ4n) is 1.52. The van der Waals surface area contributed by atoms with Gasteiger partial charge >= 0.3 is 5.97 Å². The van der Waals surface area contributed by atoms with Gasteiger partial charge in [0.05, 0.1) is 12.7 Å². The number of ether oxygens (including phenoxy) is 1. The predicted molar refractivity (Wildman–Crippen MR) is 77.8 cm³/mol. The van der Waals surface area contributed by atoms with Gasteiger partial charge in [0.25, 0.3) is 0 Å². The Bertz CT molecular complexity index is 599. The number of nitrogen functional groups attached to an aromatic ring is 1. The van der Waals surface area contributed by atoms with Crippen molar-refractivity contribution in [2.24, 2.45) is 0 Å². The van der Waals surface area contributed by atoms with Crippen molar-refractivity contribution in [1.82, 2.24) is 0 Å². The van der Waals surface area contributed by atoms with E-state index in [9.17, 15) is 4.79 Å². The number of esters is 1. The molecule has 2 N–H and O–H groups in total. The fourth-order valence-corrected chi connectivity index (χ4v) is 2.54. The molecule has 0 bridgehead atoms. The standard InChI is InChI=1S/C14H12ClNO2S/c1-18-14(17)9-2-5-11(6-3-9)19-13-7-4-10(15)8-12(13)16/h2-8H,16H2,1H3. The zero-order chi connectivity index (χ0) is 13.8. The van der Waals surface area contributed by atoms with Crippen LogP contribution in [0.25, 0.3) is 0 Å². The lowest BCUT2D eigenvalue weighted by Gasteiger charge is -2.06. The van der Waals surface area contributed by atoms with Gasteiger partial charge in [-0.15, -0.1) is 0 Å². The Morgan fingerprint density at radius 3 is 2.47 bits per heavy atom. The Balaban J connectivity index is 2.17. The first-order valence-corrected chi connectivity index (χ1v) is 6.71. The maximum absolute atomic E-state index is 11.3. The lowest BCUT2D eigenvalue weighted by atomic mass is 10.2. The summed E-state index contributed by atoms with van der Waals surface area (Å²) >= 11 is 7.37. The summed E-state index contributed by atoms with van der Waals surface area (Å²) in [6.45, 7) is 0. The second-order valence-electron chi connectivity index (χ2n) is 3.80. The van der Waals surface area contributed by atoms with Gasteiger partial charge in [0.2, 0.25) is 0 Å². The van der Waals surface area contributed by atoms with Crippen molar-refractivity contribution in [2.75, 3.05) is 12.8 Å². The van der Waals surface area contributed by atoms with Crippen LogP contribution in [0.1, 0.15) is 10.4 Å². The Morgan fingerprint density at radius 2 is 1.89 bits per heavy atom. The van der Waals surface area contributed by atoms with Crippen LogP contribution in [-0.4, -0.2) is 13.1 Å². The van der Waals surface area contributed by atoms with E-state index in [4.69, 9.17) is 17.3 Å². The molecule has 19 heavy (non-hydrogen) atoms. The van der Waals surface area contributed by atoms with Gasteiger partial charge in [0.1, 0.15) is 0 Å². The van der Waals surface area contributed by atoms with Crippen molar-refractivity contribution < 1.29 is 9.53 Å². The molecule has 0 heterocycles. The van der Waals surface area contributed by atoms with Crippen LogP contribution in [0.3, 0.4) is 0 Å². The number of anilines is 1. The highest BCUT2D eigenvalue weighted by atomic mass is 35.5. The lowest BCUT2D eigenvalue weighted by Crippen LogP contribution is -2.00. The zero-order valence-corrected chi connectivity index (χ0v) is 11.8. The van der Waals surface area contributed by atoms with Crippen LogP contribution in [0.2, 0.25) is 5.02 Å². The molecule has 0 radical (unpaired) electrons. The second kappa shape index (κ2) is 5.99. The molecular formula is C14H12ClNO2S. The molecule has 0 unspecified atom stereocenters. The van der Waals surface area contributed by atoms with E-state index < -0.39 is 0 Å². The number of rotatable bonds is 3. The number of benzene rings is 2. The molecule has 98 valence electrons. The van der Waals surface area contributed by atoms with Crippen LogP contribution in [0, 0.1) is 0 Å². The van der Waals surface area contributed by atoms with Crippen molar-refractivity contribution >= 4 is 35.0 Å². The first-order chi connectivity index (χ1) is 9.10. The maximum Gasteiger partial charge on any atom is 0.337 e. The summed E-state index contributed by atoms with van der Waals surface area (Å²) in [6, 6.07) is 12.5. The van der Waals surface area contributed by atoms with Gasteiger partial charge in [-0.05, 0) is 42.5 Å². The van der Waals surface area contributed by atoms with E-state index in [-0.39, 0.29) is 5.97 Å². The number of halogens is 1. The quantitative estimate of drug-likeness (QED) is 0.689. The summed E-state index contributed by atoms with van der Waals surface area (Å²) in [5, 5.41) is 0.614. The van der Waals surface area contributed by atoms with Gasteiger partial charge in [-0.2, -0.15) is 0 Å². The molecule has 0 aliphatic heterocycles. The third-order valence-electron chi connectivity index (χ3n) is 2.48. The van der Waals surface area contributed by atoms with Gasteiger partial charge in [-0.3, -0.25) is 0 Å². The van der Waals surface area contributed by atoms with E-state index >= 15 is 0 Å². The number of carbonyl (C=O) groups excluding carboxylic acids is 1. The van der Waals surface area contributed by atoms with Gasteiger partial charge in [-0.1, -0.05) is 23.4 Å². The Labute approximate surface area is 120 Å². The molecule has 0 saturated carbocycles. The number of carbonyl (C=O) groups is 1. The fraction of sp³-hybridized carbons (Fsp3) is 0.0714. The van der Waals surface area contributed by atoms with Crippen LogP contribution in [0.5, 0.6) is 0 Å². The van der Waals surface area contributed by atoms with Crippen LogP contribution in [-0.2, 0) is 4.74 Å². The SMILES string of the molecule is COC(=O)c1ccc(Sc2ccc(Cl)cc2N)cc1. The molecule has 0 amide bonds. The van der Waals surface area contributed by atoms with E-state index in [0.717, 1.165) is 9.79 Å².